The molecule has 1 heterocycles. The van der Waals surface area contributed by atoms with E-state index in [0.717, 1.165) is 25.8 Å². The van der Waals surface area contributed by atoms with E-state index >= 15 is 0 Å². The highest BCUT2D eigenvalue weighted by atomic mass is 16.6. The van der Waals surface area contributed by atoms with Gasteiger partial charge in [0.1, 0.15) is 5.60 Å². The fourth-order valence-corrected chi connectivity index (χ4v) is 2.45. The number of hydrogen-bond donors (Lipinski definition) is 0. The molecule has 15 heavy (non-hydrogen) atoms. The lowest BCUT2D eigenvalue weighted by atomic mass is 9.82. The van der Waals surface area contributed by atoms with Gasteiger partial charge in [-0.05, 0) is 18.8 Å². The van der Waals surface area contributed by atoms with E-state index in [-0.39, 0.29) is 11.7 Å². The molecule has 3 nitrogen and oxygen atoms in total. The van der Waals surface area contributed by atoms with Crippen molar-refractivity contribution in [3.8, 4) is 0 Å². The maximum absolute atomic E-state index is 11.3. The second-order valence-corrected chi connectivity index (χ2v) is 5.04. The first-order valence-corrected chi connectivity index (χ1v) is 5.65. The number of rotatable bonds is 1. The van der Waals surface area contributed by atoms with Gasteiger partial charge in [-0.25, -0.2) is 4.79 Å². The third kappa shape index (κ3) is 1.87. The quantitative estimate of drug-likeness (QED) is 0.621. The van der Waals surface area contributed by atoms with Gasteiger partial charge in [-0.2, -0.15) is 0 Å². The van der Waals surface area contributed by atoms with Crippen molar-refractivity contribution in [2.75, 3.05) is 13.6 Å². The SMILES string of the molecule is CC(C)C1=CC[C@@]2(CC1)CN(C)C(=O)O2. The highest BCUT2D eigenvalue weighted by Gasteiger charge is 2.44. The summed E-state index contributed by atoms with van der Waals surface area (Å²) in [5.74, 6) is 0.622. The topological polar surface area (TPSA) is 29.5 Å². The van der Waals surface area contributed by atoms with Crippen LogP contribution in [0, 0.1) is 5.92 Å². The van der Waals surface area contributed by atoms with E-state index in [2.05, 4.69) is 19.9 Å². The fourth-order valence-electron chi connectivity index (χ4n) is 2.45. The van der Waals surface area contributed by atoms with Crippen molar-refractivity contribution in [3.05, 3.63) is 11.6 Å². The molecule has 2 aliphatic rings. The lowest BCUT2D eigenvalue weighted by Crippen LogP contribution is -2.35. The maximum atomic E-state index is 11.3. The molecule has 1 spiro atoms. The summed E-state index contributed by atoms with van der Waals surface area (Å²) < 4.78 is 5.47. The summed E-state index contributed by atoms with van der Waals surface area (Å²) in [6, 6.07) is 0. The summed E-state index contributed by atoms with van der Waals surface area (Å²) in [5.41, 5.74) is 1.29. The van der Waals surface area contributed by atoms with E-state index in [9.17, 15) is 4.79 Å². The number of ether oxygens (including phenoxy) is 1. The average Bonchev–Trinajstić information content (AvgIpc) is 2.43. The molecule has 3 heteroatoms. The van der Waals surface area contributed by atoms with Crippen molar-refractivity contribution in [1.82, 2.24) is 4.90 Å². The second kappa shape index (κ2) is 3.54. The molecule has 1 amide bonds. The van der Waals surface area contributed by atoms with Gasteiger partial charge >= 0.3 is 6.09 Å². The molecule has 0 N–H and O–H groups in total. The molecule has 0 aromatic carbocycles. The minimum Gasteiger partial charge on any atom is -0.441 e. The van der Waals surface area contributed by atoms with E-state index in [0.29, 0.717) is 5.92 Å². The zero-order valence-electron chi connectivity index (χ0n) is 9.75. The highest BCUT2D eigenvalue weighted by molar-refractivity contribution is 5.70. The van der Waals surface area contributed by atoms with Crippen LogP contribution in [0.3, 0.4) is 0 Å². The van der Waals surface area contributed by atoms with Gasteiger partial charge in [0.25, 0.3) is 0 Å². The number of nitrogens with zero attached hydrogens (tertiary/aromatic N) is 1. The van der Waals surface area contributed by atoms with E-state index < -0.39 is 0 Å². The molecule has 0 unspecified atom stereocenters. The van der Waals surface area contributed by atoms with Crippen LogP contribution in [0.5, 0.6) is 0 Å². The third-order valence-electron chi connectivity index (χ3n) is 3.49. The first-order valence-electron chi connectivity index (χ1n) is 5.65. The molecule has 0 bridgehead atoms. The summed E-state index contributed by atoms with van der Waals surface area (Å²) in [6.07, 6.45) is 5.03. The summed E-state index contributed by atoms with van der Waals surface area (Å²) in [5, 5.41) is 0. The van der Waals surface area contributed by atoms with Gasteiger partial charge < -0.3 is 9.64 Å². The molecule has 0 aromatic rings. The highest BCUT2D eigenvalue weighted by Crippen LogP contribution is 2.37. The Morgan fingerprint density at radius 3 is 2.67 bits per heavy atom. The van der Waals surface area contributed by atoms with Crippen LogP contribution in [0.4, 0.5) is 4.79 Å². The fraction of sp³-hybridized carbons (Fsp3) is 0.750. The Kier molecular flexibility index (Phi) is 2.49. The molecule has 0 saturated carbocycles. The van der Waals surface area contributed by atoms with Crippen LogP contribution < -0.4 is 0 Å². The minimum atomic E-state index is -0.218. The maximum Gasteiger partial charge on any atom is 0.410 e. The van der Waals surface area contributed by atoms with Crippen LogP contribution in [0.25, 0.3) is 0 Å². The van der Waals surface area contributed by atoms with E-state index in [1.54, 1.807) is 11.9 Å². The van der Waals surface area contributed by atoms with Gasteiger partial charge in [0.2, 0.25) is 0 Å². The number of hydrogen-bond acceptors (Lipinski definition) is 2. The monoisotopic (exact) mass is 209 g/mol. The Morgan fingerprint density at radius 1 is 1.53 bits per heavy atom. The van der Waals surface area contributed by atoms with Crippen molar-refractivity contribution in [1.29, 1.82) is 0 Å². The number of allylic oxidation sites excluding steroid dienone is 1. The summed E-state index contributed by atoms with van der Waals surface area (Å²) >= 11 is 0. The van der Waals surface area contributed by atoms with Crippen molar-refractivity contribution in [2.24, 2.45) is 5.92 Å². The van der Waals surface area contributed by atoms with E-state index in [4.69, 9.17) is 4.74 Å². The van der Waals surface area contributed by atoms with Gasteiger partial charge in [-0.1, -0.05) is 25.5 Å². The minimum absolute atomic E-state index is 0.170. The molecular weight excluding hydrogens is 190 g/mol. The Labute approximate surface area is 91.1 Å². The Hall–Kier alpha value is -0.990. The van der Waals surface area contributed by atoms with Gasteiger partial charge in [-0.3, -0.25) is 0 Å². The van der Waals surface area contributed by atoms with Gasteiger partial charge in [-0.15, -0.1) is 0 Å². The van der Waals surface area contributed by atoms with Crippen molar-refractivity contribution in [2.45, 2.75) is 38.7 Å². The van der Waals surface area contributed by atoms with Crippen molar-refractivity contribution < 1.29 is 9.53 Å². The van der Waals surface area contributed by atoms with Crippen molar-refractivity contribution in [3.63, 3.8) is 0 Å². The van der Waals surface area contributed by atoms with Crippen LogP contribution in [0.2, 0.25) is 0 Å². The van der Waals surface area contributed by atoms with Crippen LogP contribution in [0.15, 0.2) is 11.6 Å². The first kappa shape index (κ1) is 10.5. The zero-order chi connectivity index (χ0) is 11.1. The third-order valence-corrected chi connectivity index (χ3v) is 3.49. The predicted octanol–water partition coefficient (Wildman–Crippen LogP) is 2.57. The van der Waals surface area contributed by atoms with Crippen LogP contribution >= 0.6 is 0 Å². The number of amides is 1. The predicted molar refractivity (Wildman–Crippen MR) is 58.6 cm³/mol. The molecule has 0 aromatic heterocycles. The Morgan fingerprint density at radius 2 is 2.27 bits per heavy atom. The summed E-state index contributed by atoms with van der Waals surface area (Å²) in [4.78, 5) is 13.0. The molecule has 1 aliphatic carbocycles. The van der Waals surface area contributed by atoms with Crippen LogP contribution in [-0.2, 0) is 4.74 Å². The number of carbonyl (C=O) groups is 1. The van der Waals surface area contributed by atoms with Gasteiger partial charge in [0.15, 0.2) is 0 Å². The van der Waals surface area contributed by atoms with Gasteiger partial charge in [0.05, 0.1) is 6.54 Å². The van der Waals surface area contributed by atoms with Crippen LogP contribution in [-0.4, -0.2) is 30.2 Å². The molecule has 1 fully saturated rings. The van der Waals surface area contributed by atoms with E-state index in [1.807, 2.05) is 0 Å². The number of likely N-dealkylation sites (N-methyl/N-ethyl adjacent to an activating group) is 1. The molecule has 1 atom stereocenters. The molecule has 2 rings (SSSR count). The van der Waals surface area contributed by atoms with E-state index in [1.165, 1.54) is 5.57 Å². The molecule has 1 aliphatic heterocycles. The van der Waals surface area contributed by atoms with Gasteiger partial charge in [0, 0.05) is 13.5 Å². The zero-order valence-corrected chi connectivity index (χ0v) is 9.75. The first-order chi connectivity index (χ1) is 7.02. The largest absolute Gasteiger partial charge is 0.441 e. The molecular formula is C12H19NO2. The number of carbonyl (C=O) groups excluding carboxylic acids is 1. The van der Waals surface area contributed by atoms with Crippen LogP contribution in [0.1, 0.15) is 33.1 Å². The summed E-state index contributed by atoms with van der Waals surface area (Å²) in [7, 11) is 1.80. The lowest BCUT2D eigenvalue weighted by molar-refractivity contribution is 0.0476. The average molecular weight is 209 g/mol. The second-order valence-electron chi connectivity index (χ2n) is 5.04. The molecule has 1 saturated heterocycles. The summed E-state index contributed by atoms with van der Waals surface area (Å²) in [6.45, 7) is 5.18. The Balaban J connectivity index is 2.07. The smallest absolute Gasteiger partial charge is 0.410 e. The molecule has 0 radical (unpaired) electrons. The normalized spacial score (nSPS) is 31.1. The lowest BCUT2D eigenvalue weighted by Gasteiger charge is -2.31. The molecule has 84 valence electrons. The van der Waals surface area contributed by atoms with Crippen molar-refractivity contribution >= 4 is 6.09 Å². The standard InChI is InChI=1S/C12H19NO2/c1-9(2)10-4-6-12(7-5-10)8-13(3)11(14)15-12/h4,9H,5-8H2,1-3H3/t12-/m1/s1. The Bertz CT molecular complexity index is 309.